The highest BCUT2D eigenvalue weighted by atomic mass is 32.2. The lowest BCUT2D eigenvalue weighted by molar-refractivity contribution is 0.128. The van der Waals surface area contributed by atoms with Gasteiger partial charge in [-0.2, -0.15) is 0 Å². The first-order valence-corrected chi connectivity index (χ1v) is 7.27. The zero-order valence-corrected chi connectivity index (χ0v) is 11.0. The summed E-state index contributed by atoms with van der Waals surface area (Å²) in [5.41, 5.74) is 1.38. The Hall–Kier alpha value is -1.20. The van der Waals surface area contributed by atoms with Crippen LogP contribution < -0.4 is 5.84 Å². The lowest BCUT2D eigenvalue weighted by atomic mass is 10.0. The van der Waals surface area contributed by atoms with Crippen molar-refractivity contribution in [2.75, 3.05) is 25.4 Å². The van der Waals surface area contributed by atoms with Gasteiger partial charge >= 0.3 is 6.03 Å². The number of hydrogen-bond acceptors (Lipinski definition) is 3. The third-order valence-electron chi connectivity index (χ3n) is 3.58. The molecule has 1 aromatic carbocycles. The van der Waals surface area contributed by atoms with E-state index in [0.29, 0.717) is 12.5 Å². The number of benzene rings is 1. The first-order chi connectivity index (χ1) is 8.75. The minimum absolute atomic E-state index is 0.0318. The Labute approximate surface area is 111 Å². The van der Waals surface area contributed by atoms with Crippen LogP contribution in [0, 0.1) is 0 Å². The third kappa shape index (κ3) is 2.08. The summed E-state index contributed by atoms with van der Waals surface area (Å²) >= 11 is 1.88. The second kappa shape index (κ2) is 4.82. The Morgan fingerprint density at radius 1 is 1.33 bits per heavy atom. The van der Waals surface area contributed by atoms with Crippen LogP contribution in [0.25, 0.3) is 0 Å². The molecule has 2 heterocycles. The molecule has 1 saturated heterocycles. The minimum atomic E-state index is -0.0318. The van der Waals surface area contributed by atoms with Crippen LogP contribution in [0.4, 0.5) is 4.79 Å². The fraction of sp³-hybridized carbons (Fsp3) is 0.462. The molecule has 2 aliphatic heterocycles. The second-order valence-corrected chi connectivity index (χ2v) is 5.88. The van der Waals surface area contributed by atoms with Crippen molar-refractivity contribution in [2.45, 2.75) is 17.2 Å². The Morgan fingerprint density at radius 2 is 2.17 bits per heavy atom. The van der Waals surface area contributed by atoms with Gasteiger partial charge in [0.1, 0.15) is 0 Å². The van der Waals surface area contributed by atoms with Gasteiger partial charge in [-0.25, -0.2) is 10.6 Å². The second-order valence-electron chi connectivity index (χ2n) is 4.82. The molecule has 1 fully saturated rings. The number of amides is 2. The zero-order valence-electron chi connectivity index (χ0n) is 10.2. The zero-order chi connectivity index (χ0) is 12.5. The van der Waals surface area contributed by atoms with Crippen molar-refractivity contribution in [3.8, 4) is 0 Å². The van der Waals surface area contributed by atoms with E-state index in [1.54, 1.807) is 0 Å². The number of fused-ring (bicyclic) bond motifs is 1. The van der Waals surface area contributed by atoms with Gasteiger partial charge < -0.3 is 4.90 Å². The summed E-state index contributed by atoms with van der Waals surface area (Å²) < 4.78 is 0. The van der Waals surface area contributed by atoms with Crippen LogP contribution in [0.1, 0.15) is 17.9 Å². The van der Waals surface area contributed by atoms with E-state index in [1.807, 2.05) is 16.7 Å². The predicted molar refractivity (Wildman–Crippen MR) is 72.4 cm³/mol. The van der Waals surface area contributed by atoms with Gasteiger partial charge in [0.05, 0.1) is 0 Å². The number of hydrogen-bond donors (Lipinski definition) is 1. The maximum absolute atomic E-state index is 11.9. The molecule has 0 spiro atoms. The molecular formula is C13H17N3OS. The number of rotatable bonds is 2. The van der Waals surface area contributed by atoms with Crippen molar-refractivity contribution in [2.24, 2.45) is 5.84 Å². The van der Waals surface area contributed by atoms with Crippen molar-refractivity contribution in [3.63, 3.8) is 0 Å². The van der Waals surface area contributed by atoms with Crippen molar-refractivity contribution >= 4 is 17.8 Å². The topological polar surface area (TPSA) is 49.6 Å². The molecule has 0 aromatic heterocycles. The van der Waals surface area contributed by atoms with E-state index in [9.17, 15) is 4.79 Å². The van der Waals surface area contributed by atoms with Gasteiger partial charge in [0.15, 0.2) is 0 Å². The summed E-state index contributed by atoms with van der Waals surface area (Å²) in [6.07, 6.45) is 0.962. The van der Waals surface area contributed by atoms with E-state index in [2.05, 4.69) is 24.3 Å². The maximum atomic E-state index is 11.9. The van der Waals surface area contributed by atoms with Gasteiger partial charge in [0, 0.05) is 36.2 Å². The molecule has 2 aliphatic rings. The van der Waals surface area contributed by atoms with Crippen LogP contribution in [-0.4, -0.2) is 41.3 Å². The first kappa shape index (κ1) is 11.9. The molecule has 4 nitrogen and oxygen atoms in total. The van der Waals surface area contributed by atoms with E-state index in [-0.39, 0.29) is 6.03 Å². The summed E-state index contributed by atoms with van der Waals surface area (Å²) in [5.74, 6) is 7.18. The summed E-state index contributed by atoms with van der Waals surface area (Å²) in [6.45, 7) is 2.29. The molecule has 96 valence electrons. The number of carbonyl (C=O) groups is 1. The van der Waals surface area contributed by atoms with Gasteiger partial charge in [-0.15, -0.1) is 11.8 Å². The van der Waals surface area contributed by atoms with Crippen LogP contribution in [0.5, 0.6) is 0 Å². The van der Waals surface area contributed by atoms with Crippen molar-refractivity contribution in [1.82, 2.24) is 9.91 Å². The largest absolute Gasteiger partial charge is 0.334 e. The van der Waals surface area contributed by atoms with Crippen LogP contribution in [0.2, 0.25) is 0 Å². The average Bonchev–Trinajstić information content (AvgIpc) is 2.79. The van der Waals surface area contributed by atoms with Gasteiger partial charge in [0.25, 0.3) is 0 Å². The predicted octanol–water partition coefficient (Wildman–Crippen LogP) is 1.88. The summed E-state index contributed by atoms with van der Waals surface area (Å²) in [6, 6.07) is 8.45. The quantitative estimate of drug-likeness (QED) is 0.654. The van der Waals surface area contributed by atoms with E-state index < -0.39 is 0 Å². The standard InChI is InChI=1S/C13H17N3OS/c14-16-7-3-6-15(13(16)17)8-10-9-18-12-5-2-1-4-11(10)12/h1-2,4-5,10H,3,6-9,14H2. The number of carbonyl (C=O) groups excluding carboxylic acids is 1. The number of hydrazine groups is 1. The highest BCUT2D eigenvalue weighted by Gasteiger charge is 2.29. The van der Waals surface area contributed by atoms with Crippen LogP contribution >= 0.6 is 11.8 Å². The van der Waals surface area contributed by atoms with Crippen LogP contribution in [-0.2, 0) is 0 Å². The Morgan fingerprint density at radius 3 is 3.06 bits per heavy atom. The number of nitrogens with zero attached hydrogens (tertiary/aromatic N) is 2. The molecule has 18 heavy (non-hydrogen) atoms. The molecule has 0 aliphatic carbocycles. The minimum Gasteiger partial charge on any atom is -0.323 e. The Bertz CT molecular complexity index is 465. The van der Waals surface area contributed by atoms with E-state index >= 15 is 0 Å². The SMILES string of the molecule is NN1CCCN(CC2CSc3ccccc32)C1=O. The monoisotopic (exact) mass is 263 g/mol. The van der Waals surface area contributed by atoms with E-state index in [0.717, 1.165) is 25.3 Å². The first-order valence-electron chi connectivity index (χ1n) is 6.28. The summed E-state index contributed by atoms with van der Waals surface area (Å²) in [5, 5.41) is 1.33. The molecule has 1 aromatic rings. The van der Waals surface area contributed by atoms with Crippen molar-refractivity contribution in [3.05, 3.63) is 29.8 Å². The summed E-state index contributed by atoms with van der Waals surface area (Å²) in [7, 11) is 0. The highest BCUT2D eigenvalue weighted by Crippen LogP contribution is 2.39. The Balaban J connectivity index is 1.73. The molecule has 2 amide bonds. The Kier molecular flexibility index (Phi) is 3.18. The lowest BCUT2D eigenvalue weighted by Gasteiger charge is -2.34. The fourth-order valence-electron chi connectivity index (χ4n) is 2.62. The van der Waals surface area contributed by atoms with Gasteiger partial charge in [-0.1, -0.05) is 18.2 Å². The van der Waals surface area contributed by atoms with Crippen LogP contribution in [0.15, 0.2) is 29.2 Å². The number of thioether (sulfide) groups is 1. The smallest absolute Gasteiger partial charge is 0.323 e. The molecule has 0 bridgehead atoms. The molecule has 2 N–H and O–H groups in total. The van der Waals surface area contributed by atoms with E-state index in [4.69, 9.17) is 5.84 Å². The number of nitrogens with two attached hydrogens (primary N) is 1. The fourth-order valence-corrected chi connectivity index (χ4v) is 3.86. The molecule has 5 heteroatoms. The molecule has 0 saturated carbocycles. The van der Waals surface area contributed by atoms with E-state index in [1.165, 1.54) is 15.5 Å². The van der Waals surface area contributed by atoms with Crippen molar-refractivity contribution in [1.29, 1.82) is 0 Å². The molecule has 1 atom stereocenters. The third-order valence-corrected chi connectivity index (χ3v) is 4.83. The van der Waals surface area contributed by atoms with Gasteiger partial charge in [0.2, 0.25) is 0 Å². The number of urea groups is 1. The van der Waals surface area contributed by atoms with Gasteiger partial charge in [-0.3, -0.25) is 5.01 Å². The summed E-state index contributed by atoms with van der Waals surface area (Å²) in [4.78, 5) is 15.2. The molecule has 1 unspecified atom stereocenters. The van der Waals surface area contributed by atoms with Crippen molar-refractivity contribution < 1.29 is 4.79 Å². The maximum Gasteiger partial charge on any atom is 0.334 e. The molecule has 0 radical (unpaired) electrons. The van der Waals surface area contributed by atoms with Crippen LogP contribution in [0.3, 0.4) is 0 Å². The van der Waals surface area contributed by atoms with Gasteiger partial charge in [-0.05, 0) is 18.1 Å². The molecule has 3 rings (SSSR count). The highest BCUT2D eigenvalue weighted by molar-refractivity contribution is 7.99. The lowest BCUT2D eigenvalue weighted by Crippen LogP contribution is -2.53. The normalized spacial score (nSPS) is 23.4. The molecular weight excluding hydrogens is 246 g/mol. The average molecular weight is 263 g/mol.